The molecule has 100 valence electrons. The second-order valence-electron chi connectivity index (χ2n) is 4.86. The Morgan fingerprint density at radius 2 is 2.00 bits per heavy atom. The van der Waals surface area contributed by atoms with Gasteiger partial charge in [0.1, 0.15) is 5.75 Å². The van der Waals surface area contributed by atoms with Crippen LogP contribution in [0.5, 0.6) is 5.75 Å². The van der Waals surface area contributed by atoms with E-state index in [0.29, 0.717) is 0 Å². The third-order valence-electron chi connectivity index (χ3n) is 3.66. The molecule has 1 aliphatic heterocycles. The second kappa shape index (κ2) is 5.21. The number of methoxy groups -OCH3 is 1. The molecule has 4 heteroatoms. The Balaban J connectivity index is 2.10. The van der Waals surface area contributed by atoms with Crippen LogP contribution in [0, 0.1) is 0 Å². The second-order valence-corrected chi connectivity index (χ2v) is 5.77. The SMILES string of the molecule is COc1ccc2scc(N3CCCCC3)c(=O)c2c1. The zero-order valence-electron chi connectivity index (χ0n) is 11.0. The molecule has 1 aliphatic rings. The van der Waals surface area contributed by atoms with Gasteiger partial charge in [-0.1, -0.05) is 0 Å². The predicted molar refractivity (Wildman–Crippen MR) is 80.7 cm³/mol. The first-order valence-corrected chi connectivity index (χ1v) is 7.52. The number of fused-ring (bicyclic) bond motifs is 1. The zero-order valence-corrected chi connectivity index (χ0v) is 11.8. The number of nitrogens with zero attached hydrogens (tertiary/aromatic N) is 1. The lowest BCUT2D eigenvalue weighted by molar-refractivity contribution is 0.415. The Bertz CT molecular complexity index is 644. The summed E-state index contributed by atoms with van der Waals surface area (Å²) >= 11 is 1.63. The number of hydrogen-bond acceptors (Lipinski definition) is 4. The molecular formula is C15H17NO2S. The molecule has 1 aromatic heterocycles. The first-order valence-electron chi connectivity index (χ1n) is 6.64. The molecule has 0 saturated carbocycles. The van der Waals surface area contributed by atoms with Crippen LogP contribution in [0.2, 0.25) is 0 Å². The number of rotatable bonds is 2. The molecule has 0 atom stereocenters. The molecule has 3 rings (SSSR count). The van der Waals surface area contributed by atoms with E-state index in [1.54, 1.807) is 18.4 Å². The number of ether oxygens (including phenoxy) is 1. The smallest absolute Gasteiger partial charge is 0.211 e. The molecule has 0 aliphatic carbocycles. The van der Waals surface area contributed by atoms with Gasteiger partial charge in [-0.05, 0) is 37.5 Å². The van der Waals surface area contributed by atoms with Crippen molar-refractivity contribution >= 4 is 27.1 Å². The van der Waals surface area contributed by atoms with Gasteiger partial charge in [0.25, 0.3) is 0 Å². The lowest BCUT2D eigenvalue weighted by Crippen LogP contribution is -2.32. The Morgan fingerprint density at radius 1 is 1.21 bits per heavy atom. The summed E-state index contributed by atoms with van der Waals surface area (Å²) < 4.78 is 6.23. The lowest BCUT2D eigenvalue weighted by Gasteiger charge is -2.28. The molecular weight excluding hydrogens is 258 g/mol. The van der Waals surface area contributed by atoms with Crippen molar-refractivity contribution < 1.29 is 4.74 Å². The standard InChI is InChI=1S/C15H17NO2S/c1-18-11-5-6-14-12(9-11)15(17)13(10-19-14)16-7-3-2-4-8-16/h5-6,9-10H,2-4,7-8H2,1H3. The van der Waals surface area contributed by atoms with Gasteiger partial charge < -0.3 is 9.64 Å². The van der Waals surface area contributed by atoms with Crippen molar-refractivity contribution in [1.29, 1.82) is 0 Å². The Labute approximate surface area is 116 Å². The number of piperidine rings is 1. The average molecular weight is 275 g/mol. The molecule has 0 unspecified atom stereocenters. The van der Waals surface area contributed by atoms with Crippen molar-refractivity contribution in [3.63, 3.8) is 0 Å². The monoisotopic (exact) mass is 275 g/mol. The van der Waals surface area contributed by atoms with Crippen LogP contribution in [0.1, 0.15) is 19.3 Å². The van der Waals surface area contributed by atoms with Gasteiger partial charge in [-0.15, -0.1) is 11.3 Å². The number of benzene rings is 1. The van der Waals surface area contributed by atoms with Crippen LogP contribution in [-0.2, 0) is 0 Å². The van der Waals surface area contributed by atoms with Crippen molar-refractivity contribution in [3.05, 3.63) is 33.8 Å². The largest absolute Gasteiger partial charge is 0.497 e. The highest BCUT2D eigenvalue weighted by atomic mass is 32.1. The van der Waals surface area contributed by atoms with Gasteiger partial charge in [0.15, 0.2) is 0 Å². The third-order valence-corrected chi connectivity index (χ3v) is 4.61. The van der Waals surface area contributed by atoms with Gasteiger partial charge in [-0.3, -0.25) is 4.79 Å². The van der Waals surface area contributed by atoms with Crippen LogP contribution in [0.4, 0.5) is 5.69 Å². The van der Waals surface area contributed by atoms with Crippen LogP contribution in [-0.4, -0.2) is 20.2 Å². The maximum atomic E-state index is 12.6. The van der Waals surface area contributed by atoms with E-state index in [0.717, 1.165) is 34.6 Å². The van der Waals surface area contributed by atoms with Crippen LogP contribution < -0.4 is 15.1 Å². The van der Waals surface area contributed by atoms with E-state index in [9.17, 15) is 4.79 Å². The highest BCUT2D eigenvalue weighted by Gasteiger charge is 2.15. The predicted octanol–water partition coefficient (Wildman–Crippen LogP) is 3.26. The summed E-state index contributed by atoms with van der Waals surface area (Å²) in [7, 11) is 1.63. The molecule has 0 amide bonds. The minimum absolute atomic E-state index is 0.134. The van der Waals surface area contributed by atoms with Gasteiger partial charge >= 0.3 is 0 Å². The molecule has 19 heavy (non-hydrogen) atoms. The molecule has 1 fully saturated rings. The summed E-state index contributed by atoms with van der Waals surface area (Å²) in [5.41, 5.74) is 0.986. The van der Waals surface area contributed by atoms with Gasteiger partial charge in [0, 0.05) is 28.6 Å². The summed E-state index contributed by atoms with van der Waals surface area (Å²) in [6.07, 6.45) is 3.63. The molecule has 0 spiro atoms. The van der Waals surface area contributed by atoms with Crippen molar-refractivity contribution in [2.75, 3.05) is 25.1 Å². The third kappa shape index (κ3) is 2.32. The molecule has 1 saturated heterocycles. The van der Waals surface area contributed by atoms with Crippen molar-refractivity contribution in [2.45, 2.75) is 19.3 Å². The first-order chi connectivity index (χ1) is 9.29. The molecule has 0 radical (unpaired) electrons. The van der Waals surface area contributed by atoms with E-state index < -0.39 is 0 Å². The summed E-state index contributed by atoms with van der Waals surface area (Å²) in [4.78, 5) is 14.8. The fourth-order valence-electron chi connectivity index (χ4n) is 2.58. The van der Waals surface area contributed by atoms with E-state index in [1.165, 1.54) is 19.3 Å². The summed E-state index contributed by atoms with van der Waals surface area (Å²) in [5.74, 6) is 0.743. The van der Waals surface area contributed by atoms with E-state index >= 15 is 0 Å². The molecule has 2 aromatic rings. The van der Waals surface area contributed by atoms with Crippen molar-refractivity contribution in [3.8, 4) is 5.75 Å². The van der Waals surface area contributed by atoms with Crippen molar-refractivity contribution in [1.82, 2.24) is 0 Å². The highest BCUT2D eigenvalue weighted by molar-refractivity contribution is 7.16. The van der Waals surface area contributed by atoms with E-state index in [-0.39, 0.29) is 5.43 Å². The molecule has 0 bridgehead atoms. The molecule has 0 N–H and O–H groups in total. The normalized spacial score (nSPS) is 15.7. The first kappa shape index (κ1) is 12.5. The van der Waals surface area contributed by atoms with Gasteiger partial charge in [-0.25, -0.2) is 0 Å². The zero-order chi connectivity index (χ0) is 13.2. The maximum absolute atomic E-state index is 12.6. The van der Waals surface area contributed by atoms with Crippen LogP contribution >= 0.6 is 11.3 Å². The molecule has 3 nitrogen and oxygen atoms in total. The van der Waals surface area contributed by atoms with Gasteiger partial charge in [0.05, 0.1) is 12.8 Å². The Morgan fingerprint density at radius 3 is 2.74 bits per heavy atom. The molecule has 1 aromatic carbocycles. The number of hydrogen-bond donors (Lipinski definition) is 0. The Kier molecular flexibility index (Phi) is 3.42. The van der Waals surface area contributed by atoms with Crippen LogP contribution in [0.25, 0.3) is 10.1 Å². The lowest BCUT2D eigenvalue weighted by atomic mass is 10.1. The topological polar surface area (TPSA) is 29.5 Å². The Hall–Kier alpha value is -1.55. The highest BCUT2D eigenvalue weighted by Crippen LogP contribution is 2.26. The van der Waals surface area contributed by atoms with Crippen LogP contribution in [0.3, 0.4) is 0 Å². The maximum Gasteiger partial charge on any atom is 0.211 e. The minimum Gasteiger partial charge on any atom is -0.497 e. The quantitative estimate of drug-likeness (QED) is 0.842. The van der Waals surface area contributed by atoms with Crippen molar-refractivity contribution in [2.24, 2.45) is 0 Å². The summed E-state index contributed by atoms with van der Waals surface area (Å²) in [5, 5.41) is 2.77. The molecule has 2 heterocycles. The van der Waals surface area contributed by atoms with Gasteiger partial charge in [-0.2, -0.15) is 0 Å². The average Bonchev–Trinajstić information content (AvgIpc) is 2.48. The van der Waals surface area contributed by atoms with E-state index in [4.69, 9.17) is 4.74 Å². The van der Waals surface area contributed by atoms with E-state index in [2.05, 4.69) is 4.90 Å². The van der Waals surface area contributed by atoms with Crippen LogP contribution in [0.15, 0.2) is 28.4 Å². The fraction of sp³-hybridized carbons (Fsp3) is 0.400. The van der Waals surface area contributed by atoms with Gasteiger partial charge in [0.2, 0.25) is 5.43 Å². The summed E-state index contributed by atoms with van der Waals surface area (Å²) in [6, 6.07) is 5.71. The number of anilines is 1. The minimum atomic E-state index is 0.134. The van der Waals surface area contributed by atoms with E-state index in [1.807, 2.05) is 23.6 Å². The summed E-state index contributed by atoms with van der Waals surface area (Å²) in [6.45, 7) is 1.99. The fourth-order valence-corrected chi connectivity index (χ4v) is 3.50.